The van der Waals surface area contributed by atoms with Gasteiger partial charge in [-0.2, -0.15) is 5.16 Å². The standard InChI is InChI=1S/C22H23ClN2O4/c1-2-14-4-3-5-20(23)19(14)13-27-17-7-6-15-8-16(12-28-21(15)9-17)24-11-18-10-22(26)25-29-18/h3-7,9-10,16,24H,2,8,11-13H2,1H3,(H,25,26). The third-order valence-corrected chi connectivity index (χ3v) is 5.42. The van der Waals surface area contributed by atoms with E-state index in [1.807, 2.05) is 30.3 Å². The minimum Gasteiger partial charge on any atom is -0.492 e. The van der Waals surface area contributed by atoms with Crippen molar-refractivity contribution in [2.45, 2.75) is 39.0 Å². The van der Waals surface area contributed by atoms with E-state index in [0.29, 0.717) is 25.5 Å². The Morgan fingerprint density at radius 3 is 2.97 bits per heavy atom. The van der Waals surface area contributed by atoms with E-state index in [0.717, 1.165) is 40.5 Å². The molecule has 2 heterocycles. The Labute approximate surface area is 173 Å². The van der Waals surface area contributed by atoms with Gasteiger partial charge < -0.3 is 19.3 Å². The lowest BCUT2D eigenvalue weighted by Crippen LogP contribution is -2.38. The SMILES string of the molecule is CCc1cccc(Cl)c1COc1ccc2c(c1)OCC(NCc1cc(=O)[nH]o1)C2. The molecule has 1 aromatic heterocycles. The van der Waals surface area contributed by atoms with Crippen LogP contribution in [0.5, 0.6) is 11.5 Å². The second kappa shape index (κ2) is 8.76. The van der Waals surface area contributed by atoms with Gasteiger partial charge in [-0.1, -0.05) is 36.7 Å². The fourth-order valence-electron chi connectivity index (χ4n) is 3.48. The van der Waals surface area contributed by atoms with Gasteiger partial charge in [0, 0.05) is 28.8 Å². The maximum atomic E-state index is 11.1. The van der Waals surface area contributed by atoms with E-state index in [-0.39, 0.29) is 11.6 Å². The second-order valence-corrected chi connectivity index (χ2v) is 7.47. The summed E-state index contributed by atoms with van der Waals surface area (Å²) in [6, 6.07) is 13.4. The van der Waals surface area contributed by atoms with Crippen LogP contribution in [0.1, 0.15) is 29.4 Å². The number of rotatable bonds is 7. The highest BCUT2D eigenvalue weighted by molar-refractivity contribution is 6.31. The number of aromatic amines is 1. The number of H-pyrrole nitrogens is 1. The van der Waals surface area contributed by atoms with Crippen molar-refractivity contribution in [3.05, 3.63) is 80.3 Å². The summed E-state index contributed by atoms with van der Waals surface area (Å²) in [6.07, 6.45) is 1.74. The number of aryl methyl sites for hydroxylation is 1. The van der Waals surface area contributed by atoms with Gasteiger partial charge >= 0.3 is 0 Å². The van der Waals surface area contributed by atoms with Gasteiger partial charge in [-0.3, -0.25) is 4.79 Å². The van der Waals surface area contributed by atoms with Gasteiger partial charge in [0.1, 0.15) is 24.7 Å². The topological polar surface area (TPSA) is 76.5 Å². The Morgan fingerprint density at radius 1 is 1.28 bits per heavy atom. The molecule has 0 saturated heterocycles. The monoisotopic (exact) mass is 414 g/mol. The van der Waals surface area contributed by atoms with Gasteiger partial charge in [0.2, 0.25) is 0 Å². The minimum atomic E-state index is -0.234. The average molecular weight is 415 g/mol. The van der Waals surface area contributed by atoms with Crippen LogP contribution in [0.4, 0.5) is 0 Å². The normalized spacial score (nSPS) is 15.6. The number of hydrogen-bond donors (Lipinski definition) is 2. The summed E-state index contributed by atoms with van der Waals surface area (Å²) in [5.41, 5.74) is 3.10. The molecule has 0 spiro atoms. The van der Waals surface area contributed by atoms with Gasteiger partial charge in [0.05, 0.1) is 6.54 Å². The minimum absolute atomic E-state index is 0.143. The summed E-state index contributed by atoms with van der Waals surface area (Å²) in [7, 11) is 0. The van der Waals surface area contributed by atoms with Gasteiger partial charge in [-0.05, 0) is 36.1 Å². The molecule has 3 aromatic rings. The van der Waals surface area contributed by atoms with Crippen molar-refractivity contribution >= 4 is 11.6 Å². The fraction of sp³-hybridized carbons (Fsp3) is 0.318. The Hall–Kier alpha value is -2.70. The molecular weight excluding hydrogens is 392 g/mol. The average Bonchev–Trinajstić information content (AvgIpc) is 3.16. The summed E-state index contributed by atoms with van der Waals surface area (Å²) < 4.78 is 17.0. The Bertz CT molecular complexity index is 1040. The van der Waals surface area contributed by atoms with Crippen LogP contribution in [0.3, 0.4) is 0 Å². The number of ether oxygens (including phenoxy) is 2. The molecule has 1 unspecified atom stereocenters. The maximum absolute atomic E-state index is 11.1. The summed E-state index contributed by atoms with van der Waals surface area (Å²) >= 11 is 6.34. The van der Waals surface area contributed by atoms with Crippen LogP contribution in [0, 0.1) is 0 Å². The number of nitrogens with one attached hydrogen (secondary N) is 2. The zero-order chi connectivity index (χ0) is 20.2. The first kappa shape index (κ1) is 19.6. The number of fused-ring (bicyclic) bond motifs is 1. The Morgan fingerprint density at radius 2 is 2.17 bits per heavy atom. The van der Waals surface area contributed by atoms with Crippen molar-refractivity contribution in [1.82, 2.24) is 10.5 Å². The van der Waals surface area contributed by atoms with E-state index in [1.54, 1.807) is 0 Å². The fourth-order valence-corrected chi connectivity index (χ4v) is 3.73. The van der Waals surface area contributed by atoms with E-state index in [1.165, 1.54) is 11.6 Å². The third kappa shape index (κ3) is 4.66. The van der Waals surface area contributed by atoms with Crippen LogP contribution < -0.4 is 20.3 Å². The van der Waals surface area contributed by atoms with Crippen LogP contribution in [0.25, 0.3) is 0 Å². The highest BCUT2D eigenvalue weighted by atomic mass is 35.5. The largest absolute Gasteiger partial charge is 0.492 e. The van der Waals surface area contributed by atoms with Crippen molar-refractivity contribution < 1.29 is 14.0 Å². The molecule has 6 nitrogen and oxygen atoms in total. The molecule has 7 heteroatoms. The van der Waals surface area contributed by atoms with Crippen molar-refractivity contribution in [3.8, 4) is 11.5 Å². The Balaban J connectivity index is 1.37. The zero-order valence-corrected chi connectivity index (χ0v) is 16.9. The van der Waals surface area contributed by atoms with Gasteiger partial charge in [-0.15, -0.1) is 0 Å². The molecule has 2 N–H and O–H groups in total. The first-order valence-corrected chi connectivity index (χ1v) is 10.1. The molecule has 0 radical (unpaired) electrons. The van der Waals surface area contributed by atoms with E-state index < -0.39 is 0 Å². The molecule has 0 aliphatic carbocycles. The van der Waals surface area contributed by atoms with Gasteiger partial charge in [-0.25, -0.2) is 0 Å². The molecule has 1 aliphatic rings. The van der Waals surface area contributed by atoms with Crippen LogP contribution in [0.15, 0.2) is 51.8 Å². The van der Waals surface area contributed by atoms with Gasteiger partial charge in [0.15, 0.2) is 5.76 Å². The maximum Gasteiger partial charge on any atom is 0.280 e. The van der Waals surface area contributed by atoms with Crippen molar-refractivity contribution in [3.63, 3.8) is 0 Å². The molecule has 0 bridgehead atoms. The second-order valence-electron chi connectivity index (χ2n) is 7.06. The van der Waals surface area contributed by atoms with Crippen LogP contribution >= 0.6 is 11.6 Å². The lowest BCUT2D eigenvalue weighted by molar-refractivity contribution is 0.230. The van der Waals surface area contributed by atoms with E-state index in [9.17, 15) is 4.79 Å². The third-order valence-electron chi connectivity index (χ3n) is 5.06. The first-order valence-electron chi connectivity index (χ1n) is 9.68. The number of halogens is 1. The molecule has 0 amide bonds. The Kier molecular flexibility index (Phi) is 5.92. The predicted molar refractivity (Wildman–Crippen MR) is 111 cm³/mol. The molecule has 152 valence electrons. The highest BCUT2D eigenvalue weighted by Gasteiger charge is 2.20. The number of benzene rings is 2. The number of aromatic nitrogens is 1. The lowest BCUT2D eigenvalue weighted by atomic mass is 10.0. The summed E-state index contributed by atoms with van der Waals surface area (Å²) in [4.78, 5) is 11.1. The van der Waals surface area contributed by atoms with Crippen LogP contribution in [-0.2, 0) is 26.0 Å². The molecule has 0 fully saturated rings. The summed E-state index contributed by atoms with van der Waals surface area (Å²) in [6.45, 7) is 3.54. The molecular formula is C22H23ClN2O4. The van der Waals surface area contributed by atoms with Crippen molar-refractivity contribution in [1.29, 1.82) is 0 Å². The molecule has 2 aromatic carbocycles. The van der Waals surface area contributed by atoms with Gasteiger partial charge in [0.25, 0.3) is 5.56 Å². The molecule has 0 saturated carbocycles. The highest BCUT2D eigenvalue weighted by Crippen LogP contribution is 2.30. The quantitative estimate of drug-likeness (QED) is 0.614. The first-order chi connectivity index (χ1) is 14.1. The number of hydrogen-bond acceptors (Lipinski definition) is 5. The molecule has 29 heavy (non-hydrogen) atoms. The molecule has 1 aliphatic heterocycles. The smallest absolute Gasteiger partial charge is 0.280 e. The van der Waals surface area contributed by atoms with E-state index in [2.05, 4.69) is 23.5 Å². The van der Waals surface area contributed by atoms with Crippen LogP contribution in [-0.4, -0.2) is 17.8 Å². The summed E-state index contributed by atoms with van der Waals surface area (Å²) in [5.74, 6) is 2.17. The van der Waals surface area contributed by atoms with E-state index >= 15 is 0 Å². The molecule has 1 atom stereocenters. The zero-order valence-electron chi connectivity index (χ0n) is 16.2. The molecule has 4 rings (SSSR count). The predicted octanol–water partition coefficient (Wildman–Crippen LogP) is 3.86. The lowest BCUT2D eigenvalue weighted by Gasteiger charge is -2.26. The van der Waals surface area contributed by atoms with Crippen molar-refractivity contribution in [2.24, 2.45) is 0 Å². The van der Waals surface area contributed by atoms with E-state index in [4.69, 9.17) is 25.6 Å². The van der Waals surface area contributed by atoms with Crippen LogP contribution in [0.2, 0.25) is 5.02 Å². The summed E-state index contributed by atoms with van der Waals surface area (Å²) in [5, 5.41) is 6.36. The van der Waals surface area contributed by atoms with Crippen molar-refractivity contribution in [2.75, 3.05) is 6.61 Å².